The van der Waals surface area contributed by atoms with Gasteiger partial charge in [0, 0.05) is 16.5 Å². The van der Waals surface area contributed by atoms with Crippen molar-refractivity contribution < 1.29 is 9.53 Å². The van der Waals surface area contributed by atoms with E-state index < -0.39 is 0 Å². The quantitative estimate of drug-likeness (QED) is 0.521. The predicted octanol–water partition coefficient (Wildman–Crippen LogP) is 4.58. The first-order valence-corrected chi connectivity index (χ1v) is 7.95. The van der Waals surface area contributed by atoms with Gasteiger partial charge in [-0.15, -0.1) is 0 Å². The summed E-state index contributed by atoms with van der Waals surface area (Å²) in [5.41, 5.74) is 1.81. The van der Waals surface area contributed by atoms with Gasteiger partial charge in [-0.05, 0) is 47.7 Å². The highest BCUT2D eigenvalue weighted by Crippen LogP contribution is 2.27. The Kier molecular flexibility index (Phi) is 4.74. The third kappa shape index (κ3) is 3.79. The highest BCUT2D eigenvalue weighted by atomic mass is 32.2. The molecule has 0 saturated heterocycles. The molecule has 0 aliphatic rings. The lowest BCUT2D eigenvalue weighted by Crippen LogP contribution is -1.88. The zero-order chi connectivity index (χ0) is 16.1. The van der Waals surface area contributed by atoms with Crippen LogP contribution in [0.1, 0.15) is 5.56 Å². The number of benzene rings is 2. The minimum atomic E-state index is -0.0287. The zero-order valence-electron chi connectivity index (χ0n) is 12.6. The number of rotatable bonds is 4. The van der Waals surface area contributed by atoms with E-state index >= 15 is 0 Å². The fraction of sp³-hybridized carbons (Fsp3) is 0.0526. The predicted molar refractivity (Wildman–Crippen MR) is 94.6 cm³/mol. The first-order chi connectivity index (χ1) is 11.3. The van der Waals surface area contributed by atoms with Crippen molar-refractivity contribution in [1.82, 2.24) is 4.98 Å². The molecule has 3 aromatic rings. The highest BCUT2D eigenvalue weighted by Gasteiger charge is 2.06. The third-order valence-electron chi connectivity index (χ3n) is 3.33. The summed E-state index contributed by atoms with van der Waals surface area (Å²) in [4.78, 5) is 17.4. The number of para-hydroxylation sites is 1. The van der Waals surface area contributed by atoms with E-state index in [0.29, 0.717) is 0 Å². The summed E-state index contributed by atoms with van der Waals surface area (Å²) >= 11 is 1.19. The maximum atomic E-state index is 12.2. The van der Waals surface area contributed by atoms with Crippen molar-refractivity contribution in [3.8, 4) is 5.75 Å². The van der Waals surface area contributed by atoms with Gasteiger partial charge in [0.15, 0.2) is 0 Å². The molecule has 3 nitrogen and oxygen atoms in total. The maximum absolute atomic E-state index is 12.2. The number of ether oxygens (including phenoxy) is 1. The average Bonchev–Trinajstić information content (AvgIpc) is 2.61. The summed E-state index contributed by atoms with van der Waals surface area (Å²) in [5.74, 6) is 0.796. The van der Waals surface area contributed by atoms with E-state index in [-0.39, 0.29) is 5.12 Å². The number of hydrogen-bond donors (Lipinski definition) is 0. The molecule has 114 valence electrons. The Morgan fingerprint density at radius 2 is 1.87 bits per heavy atom. The Bertz CT molecular complexity index is 851. The van der Waals surface area contributed by atoms with Crippen LogP contribution in [0.25, 0.3) is 17.0 Å². The Hall–Kier alpha value is -2.59. The molecule has 0 aliphatic carbocycles. The fourth-order valence-corrected chi connectivity index (χ4v) is 2.95. The molecule has 1 aromatic heterocycles. The number of aromatic nitrogens is 1. The molecule has 0 unspecified atom stereocenters. The van der Waals surface area contributed by atoms with Crippen molar-refractivity contribution in [2.24, 2.45) is 0 Å². The summed E-state index contributed by atoms with van der Waals surface area (Å²) in [6.45, 7) is 0. The number of carbonyl (C=O) groups is 1. The van der Waals surface area contributed by atoms with Gasteiger partial charge in [-0.3, -0.25) is 9.78 Å². The average molecular weight is 321 g/mol. The van der Waals surface area contributed by atoms with Gasteiger partial charge < -0.3 is 4.74 Å². The van der Waals surface area contributed by atoms with Crippen molar-refractivity contribution >= 4 is 33.9 Å². The molecule has 0 atom stereocenters. The van der Waals surface area contributed by atoms with Crippen LogP contribution in [0.4, 0.5) is 0 Å². The molecule has 0 radical (unpaired) electrons. The van der Waals surface area contributed by atoms with Crippen LogP contribution in [0.2, 0.25) is 0 Å². The van der Waals surface area contributed by atoms with Crippen LogP contribution in [0.5, 0.6) is 5.75 Å². The second-order valence-electron chi connectivity index (χ2n) is 4.86. The lowest BCUT2D eigenvalue weighted by Gasteiger charge is -2.02. The molecule has 0 spiro atoms. The Morgan fingerprint density at radius 1 is 1.09 bits per heavy atom. The Labute approximate surface area is 139 Å². The minimum absolute atomic E-state index is 0.0287. The van der Waals surface area contributed by atoms with E-state index in [2.05, 4.69) is 4.98 Å². The van der Waals surface area contributed by atoms with Crippen molar-refractivity contribution in [3.05, 3.63) is 72.4 Å². The molecule has 2 aromatic carbocycles. The number of pyridine rings is 1. The van der Waals surface area contributed by atoms with Crippen LogP contribution in [0.15, 0.2) is 71.8 Å². The first kappa shape index (κ1) is 15.3. The highest BCUT2D eigenvalue weighted by molar-refractivity contribution is 8.14. The van der Waals surface area contributed by atoms with E-state index in [9.17, 15) is 4.79 Å². The van der Waals surface area contributed by atoms with Crippen LogP contribution >= 0.6 is 11.8 Å². The van der Waals surface area contributed by atoms with E-state index in [0.717, 1.165) is 27.1 Å². The van der Waals surface area contributed by atoms with Gasteiger partial charge in [-0.1, -0.05) is 36.4 Å². The van der Waals surface area contributed by atoms with Crippen molar-refractivity contribution in [2.75, 3.05) is 7.11 Å². The minimum Gasteiger partial charge on any atom is -0.497 e. The summed E-state index contributed by atoms with van der Waals surface area (Å²) < 4.78 is 5.11. The molecule has 1 heterocycles. The van der Waals surface area contributed by atoms with E-state index in [4.69, 9.17) is 4.74 Å². The molecule has 23 heavy (non-hydrogen) atoms. The molecule has 4 heteroatoms. The summed E-state index contributed by atoms with van der Waals surface area (Å²) in [6.07, 6.45) is 5.12. The van der Waals surface area contributed by atoms with Gasteiger partial charge in [0.05, 0.1) is 12.6 Å². The van der Waals surface area contributed by atoms with Crippen LogP contribution in [0.3, 0.4) is 0 Å². The summed E-state index contributed by atoms with van der Waals surface area (Å²) in [5, 5.41) is 1.00. The molecular formula is C19H15NO2S. The topological polar surface area (TPSA) is 39.2 Å². The normalized spacial score (nSPS) is 11.0. The van der Waals surface area contributed by atoms with Gasteiger partial charge in [-0.25, -0.2) is 0 Å². The van der Waals surface area contributed by atoms with Crippen LogP contribution < -0.4 is 4.74 Å². The van der Waals surface area contributed by atoms with Crippen molar-refractivity contribution in [2.45, 2.75) is 4.90 Å². The number of carbonyl (C=O) groups excluding carboxylic acids is 1. The number of hydrogen-bond acceptors (Lipinski definition) is 4. The standard InChI is InChI=1S/C19H15NO2S/c1-22-16-10-7-14(8-11-16)9-12-18(21)23-17-6-2-4-15-5-3-13-20-19(15)17/h2-13H,1H3. The summed E-state index contributed by atoms with van der Waals surface area (Å²) in [7, 11) is 1.63. The molecule has 0 amide bonds. The molecule has 0 aliphatic heterocycles. The largest absolute Gasteiger partial charge is 0.497 e. The fourth-order valence-electron chi connectivity index (χ4n) is 2.18. The number of methoxy groups -OCH3 is 1. The molecule has 3 rings (SSSR count). The second-order valence-corrected chi connectivity index (χ2v) is 5.91. The molecule has 0 fully saturated rings. The van der Waals surface area contributed by atoms with Gasteiger partial charge >= 0.3 is 0 Å². The van der Waals surface area contributed by atoms with Gasteiger partial charge in [-0.2, -0.15) is 0 Å². The van der Waals surface area contributed by atoms with E-state index in [1.54, 1.807) is 25.5 Å². The monoisotopic (exact) mass is 321 g/mol. The van der Waals surface area contributed by atoms with Crippen molar-refractivity contribution in [1.29, 1.82) is 0 Å². The Morgan fingerprint density at radius 3 is 2.65 bits per heavy atom. The number of fused-ring (bicyclic) bond motifs is 1. The summed E-state index contributed by atoms with van der Waals surface area (Å²) in [6, 6.07) is 17.3. The van der Waals surface area contributed by atoms with E-state index in [1.807, 2.05) is 54.6 Å². The lowest BCUT2D eigenvalue weighted by atomic mass is 10.2. The number of thioether (sulfide) groups is 1. The van der Waals surface area contributed by atoms with Gasteiger partial charge in [0.1, 0.15) is 5.75 Å². The Balaban J connectivity index is 1.74. The third-order valence-corrected chi connectivity index (χ3v) is 4.22. The molecule has 0 saturated carbocycles. The lowest BCUT2D eigenvalue weighted by molar-refractivity contribution is -0.106. The van der Waals surface area contributed by atoms with Crippen LogP contribution in [0, 0.1) is 0 Å². The SMILES string of the molecule is COc1ccc(C=CC(=O)Sc2cccc3cccnc23)cc1. The van der Waals surface area contributed by atoms with Gasteiger partial charge in [0.25, 0.3) is 0 Å². The zero-order valence-corrected chi connectivity index (χ0v) is 13.4. The van der Waals surface area contributed by atoms with Crippen LogP contribution in [-0.4, -0.2) is 17.2 Å². The van der Waals surface area contributed by atoms with Crippen molar-refractivity contribution in [3.63, 3.8) is 0 Å². The smallest absolute Gasteiger partial charge is 0.216 e. The van der Waals surface area contributed by atoms with E-state index in [1.165, 1.54) is 11.8 Å². The first-order valence-electron chi connectivity index (χ1n) is 7.14. The number of nitrogens with zero attached hydrogens (tertiary/aromatic N) is 1. The maximum Gasteiger partial charge on any atom is 0.216 e. The van der Waals surface area contributed by atoms with Gasteiger partial charge in [0.2, 0.25) is 5.12 Å². The molecular weight excluding hydrogens is 306 g/mol. The molecule has 0 N–H and O–H groups in total. The second kappa shape index (κ2) is 7.11. The molecule has 0 bridgehead atoms. The van der Waals surface area contributed by atoms with Crippen LogP contribution in [-0.2, 0) is 4.79 Å².